The van der Waals surface area contributed by atoms with Crippen LogP contribution < -0.4 is 5.32 Å². The normalized spacial score (nSPS) is 24.1. The Morgan fingerprint density at radius 1 is 1.59 bits per heavy atom. The molecule has 1 rings (SSSR count). The van der Waals surface area contributed by atoms with Crippen LogP contribution in [-0.4, -0.2) is 47.6 Å². The first-order chi connectivity index (χ1) is 8.06. The van der Waals surface area contributed by atoms with E-state index in [9.17, 15) is 9.59 Å². The molecule has 0 aromatic rings. The highest BCUT2D eigenvalue weighted by Crippen LogP contribution is 2.22. The highest BCUT2D eigenvalue weighted by molar-refractivity contribution is 5.79. The van der Waals surface area contributed by atoms with Gasteiger partial charge in [-0.05, 0) is 19.8 Å². The van der Waals surface area contributed by atoms with E-state index in [0.29, 0.717) is 25.9 Å². The van der Waals surface area contributed by atoms with E-state index in [1.807, 2.05) is 6.92 Å². The van der Waals surface area contributed by atoms with E-state index in [1.54, 1.807) is 4.90 Å². The summed E-state index contributed by atoms with van der Waals surface area (Å²) in [6.45, 7) is 2.97. The number of hydrogen-bond donors (Lipinski definition) is 2. The predicted octanol–water partition coefficient (Wildman–Crippen LogP) is -0.0791. The lowest BCUT2D eigenvalue weighted by atomic mass is 9.92. The zero-order valence-electron chi connectivity index (χ0n) is 9.98. The number of carboxylic acid groups (broad SMARTS) is 1. The molecule has 2 atom stereocenters. The Balaban J connectivity index is 2.43. The first-order valence-corrected chi connectivity index (χ1v) is 5.72. The van der Waals surface area contributed by atoms with Gasteiger partial charge in [-0.25, -0.2) is 0 Å². The smallest absolute Gasteiger partial charge is 0.306 e. The van der Waals surface area contributed by atoms with Crippen molar-refractivity contribution in [3.8, 4) is 12.3 Å². The van der Waals surface area contributed by atoms with Crippen molar-refractivity contribution >= 4 is 11.9 Å². The Morgan fingerprint density at radius 3 is 2.82 bits per heavy atom. The molecular formula is C12H18N2O3. The summed E-state index contributed by atoms with van der Waals surface area (Å²) in [5, 5.41) is 11.8. The summed E-state index contributed by atoms with van der Waals surface area (Å²) in [7, 11) is 0. The molecule has 17 heavy (non-hydrogen) atoms. The molecular weight excluding hydrogens is 220 g/mol. The summed E-state index contributed by atoms with van der Waals surface area (Å²) >= 11 is 0. The van der Waals surface area contributed by atoms with Gasteiger partial charge in [-0.1, -0.05) is 5.92 Å². The average Bonchev–Trinajstić information content (AvgIpc) is 2.28. The molecule has 5 heteroatoms. The lowest BCUT2D eigenvalue weighted by Gasteiger charge is -2.36. The Labute approximate surface area is 101 Å². The van der Waals surface area contributed by atoms with Gasteiger partial charge in [-0.15, -0.1) is 6.42 Å². The molecule has 1 heterocycles. The number of nitrogens with zero attached hydrogens (tertiary/aromatic N) is 1. The standard InChI is InChI=1S/C12H18N2O3/c1-3-5-13-8-11(15)14-6-4-10(12(16)17)7-9(14)2/h1,9-10,13H,4-8H2,2H3,(H,16,17). The van der Waals surface area contributed by atoms with Crippen LogP contribution in [0.5, 0.6) is 0 Å². The number of carboxylic acids is 1. The zero-order chi connectivity index (χ0) is 12.8. The lowest BCUT2D eigenvalue weighted by molar-refractivity contribution is -0.147. The fraction of sp³-hybridized carbons (Fsp3) is 0.667. The molecule has 1 aliphatic rings. The number of piperidine rings is 1. The minimum Gasteiger partial charge on any atom is -0.481 e. The number of rotatable bonds is 4. The zero-order valence-corrected chi connectivity index (χ0v) is 9.98. The second-order valence-electron chi connectivity index (χ2n) is 4.30. The molecule has 0 saturated carbocycles. The van der Waals surface area contributed by atoms with Crippen LogP contribution in [0.15, 0.2) is 0 Å². The van der Waals surface area contributed by atoms with Crippen molar-refractivity contribution in [1.82, 2.24) is 10.2 Å². The van der Waals surface area contributed by atoms with Crippen LogP contribution in [-0.2, 0) is 9.59 Å². The molecule has 1 fully saturated rings. The number of hydrogen-bond acceptors (Lipinski definition) is 3. The molecule has 1 amide bonds. The van der Waals surface area contributed by atoms with Gasteiger partial charge < -0.3 is 10.0 Å². The third-order valence-corrected chi connectivity index (χ3v) is 3.05. The molecule has 0 aromatic carbocycles. The predicted molar refractivity (Wildman–Crippen MR) is 63.2 cm³/mol. The molecule has 0 bridgehead atoms. The van der Waals surface area contributed by atoms with E-state index in [2.05, 4.69) is 11.2 Å². The summed E-state index contributed by atoms with van der Waals surface area (Å²) in [6.07, 6.45) is 6.12. The third kappa shape index (κ3) is 3.75. The van der Waals surface area contributed by atoms with Crippen molar-refractivity contribution in [3.63, 3.8) is 0 Å². The van der Waals surface area contributed by atoms with Gasteiger partial charge in [-0.2, -0.15) is 0 Å². The van der Waals surface area contributed by atoms with Gasteiger partial charge in [0.05, 0.1) is 19.0 Å². The Hall–Kier alpha value is -1.54. The number of terminal acetylenes is 1. The summed E-state index contributed by atoms with van der Waals surface area (Å²) in [6, 6.07) is -0.0232. The molecule has 5 nitrogen and oxygen atoms in total. The topological polar surface area (TPSA) is 69.6 Å². The van der Waals surface area contributed by atoms with Crippen molar-refractivity contribution in [2.24, 2.45) is 5.92 Å². The van der Waals surface area contributed by atoms with Crippen LogP contribution in [0.3, 0.4) is 0 Å². The van der Waals surface area contributed by atoms with Crippen LogP contribution in [0.2, 0.25) is 0 Å². The number of amides is 1. The molecule has 0 spiro atoms. The Bertz CT molecular complexity index is 335. The van der Waals surface area contributed by atoms with Gasteiger partial charge in [0.25, 0.3) is 0 Å². The van der Waals surface area contributed by atoms with E-state index in [0.717, 1.165) is 0 Å². The summed E-state index contributed by atoms with van der Waals surface area (Å²) in [5.41, 5.74) is 0. The van der Waals surface area contributed by atoms with Crippen LogP contribution in [0.1, 0.15) is 19.8 Å². The van der Waals surface area contributed by atoms with E-state index in [1.165, 1.54) is 0 Å². The lowest BCUT2D eigenvalue weighted by Crippen LogP contribution is -2.48. The van der Waals surface area contributed by atoms with Gasteiger partial charge in [0.15, 0.2) is 0 Å². The maximum Gasteiger partial charge on any atom is 0.306 e. The fourth-order valence-corrected chi connectivity index (χ4v) is 2.11. The van der Waals surface area contributed by atoms with Crippen LogP contribution in [0.4, 0.5) is 0 Å². The summed E-state index contributed by atoms with van der Waals surface area (Å²) in [5.74, 6) is 1.29. The SMILES string of the molecule is C#CCNCC(=O)N1CCC(C(=O)O)CC1C. The van der Waals surface area contributed by atoms with Crippen LogP contribution >= 0.6 is 0 Å². The first kappa shape index (κ1) is 13.5. The quantitative estimate of drug-likeness (QED) is 0.531. The van der Waals surface area contributed by atoms with E-state index in [-0.39, 0.29) is 24.4 Å². The summed E-state index contributed by atoms with van der Waals surface area (Å²) < 4.78 is 0. The Morgan fingerprint density at radius 2 is 2.29 bits per heavy atom. The molecule has 2 N–H and O–H groups in total. The first-order valence-electron chi connectivity index (χ1n) is 5.72. The Kier molecular flexibility index (Phi) is 4.98. The van der Waals surface area contributed by atoms with Crippen molar-refractivity contribution in [3.05, 3.63) is 0 Å². The van der Waals surface area contributed by atoms with Gasteiger partial charge in [0.1, 0.15) is 0 Å². The van der Waals surface area contributed by atoms with Crippen molar-refractivity contribution in [2.45, 2.75) is 25.8 Å². The number of aliphatic carboxylic acids is 1. The average molecular weight is 238 g/mol. The second kappa shape index (κ2) is 6.26. The minimum atomic E-state index is -0.769. The van der Waals surface area contributed by atoms with Crippen LogP contribution in [0, 0.1) is 18.3 Å². The molecule has 0 radical (unpaired) electrons. The minimum absolute atomic E-state index is 0.0170. The van der Waals surface area contributed by atoms with Crippen LogP contribution in [0.25, 0.3) is 0 Å². The molecule has 94 valence electrons. The van der Waals surface area contributed by atoms with E-state index in [4.69, 9.17) is 11.5 Å². The molecule has 0 aromatic heterocycles. The van der Waals surface area contributed by atoms with Gasteiger partial charge >= 0.3 is 5.97 Å². The van der Waals surface area contributed by atoms with E-state index < -0.39 is 5.97 Å². The maximum absolute atomic E-state index is 11.8. The monoisotopic (exact) mass is 238 g/mol. The third-order valence-electron chi connectivity index (χ3n) is 3.05. The van der Waals surface area contributed by atoms with Crippen molar-refractivity contribution < 1.29 is 14.7 Å². The second-order valence-corrected chi connectivity index (χ2v) is 4.30. The molecule has 1 saturated heterocycles. The molecule has 1 aliphatic heterocycles. The highest BCUT2D eigenvalue weighted by Gasteiger charge is 2.31. The highest BCUT2D eigenvalue weighted by atomic mass is 16.4. The number of carbonyl (C=O) groups excluding carboxylic acids is 1. The molecule has 0 aliphatic carbocycles. The number of likely N-dealkylation sites (tertiary alicyclic amines) is 1. The van der Waals surface area contributed by atoms with Gasteiger partial charge in [0, 0.05) is 12.6 Å². The van der Waals surface area contributed by atoms with Gasteiger partial charge in [-0.3, -0.25) is 14.9 Å². The van der Waals surface area contributed by atoms with E-state index >= 15 is 0 Å². The van der Waals surface area contributed by atoms with Crippen molar-refractivity contribution in [1.29, 1.82) is 0 Å². The fourth-order valence-electron chi connectivity index (χ4n) is 2.11. The number of carbonyl (C=O) groups is 2. The van der Waals surface area contributed by atoms with Crippen molar-refractivity contribution in [2.75, 3.05) is 19.6 Å². The maximum atomic E-state index is 11.8. The largest absolute Gasteiger partial charge is 0.481 e. The molecule has 2 unspecified atom stereocenters. The van der Waals surface area contributed by atoms with Gasteiger partial charge in [0.2, 0.25) is 5.91 Å². The number of nitrogens with one attached hydrogen (secondary N) is 1. The summed E-state index contributed by atoms with van der Waals surface area (Å²) in [4.78, 5) is 24.4.